The zero-order valence-corrected chi connectivity index (χ0v) is 12.0. The van der Waals surface area contributed by atoms with E-state index >= 15 is 0 Å². The van der Waals surface area contributed by atoms with Crippen LogP contribution < -0.4 is 5.32 Å². The summed E-state index contributed by atoms with van der Waals surface area (Å²) < 4.78 is 0. The van der Waals surface area contributed by atoms with Crippen LogP contribution in [0.4, 0.5) is 5.69 Å². The summed E-state index contributed by atoms with van der Waals surface area (Å²) in [5, 5.41) is 13.8. The molecule has 1 N–H and O–H groups in total. The molecule has 1 aromatic rings. The van der Waals surface area contributed by atoms with E-state index in [1.165, 1.54) is 11.0 Å². The molecule has 0 aliphatic carbocycles. The maximum absolute atomic E-state index is 12.1. The first-order valence-electron chi connectivity index (χ1n) is 5.62. The number of nitrogens with one attached hydrogen (secondary N) is 1. The number of carbonyl (C=O) groups is 1. The molecule has 0 bridgehead atoms. The normalized spacial score (nSPS) is 9.63. The third-order valence-electron chi connectivity index (χ3n) is 2.62. The third kappa shape index (κ3) is 4.50. The second-order valence-electron chi connectivity index (χ2n) is 4.11. The van der Waals surface area contributed by atoms with Crippen molar-refractivity contribution in [1.82, 2.24) is 10.2 Å². The van der Waals surface area contributed by atoms with Gasteiger partial charge in [-0.3, -0.25) is 14.9 Å². The van der Waals surface area contributed by atoms with Crippen molar-refractivity contribution in [3.05, 3.63) is 39.4 Å². The van der Waals surface area contributed by atoms with Crippen LogP contribution in [-0.4, -0.2) is 42.9 Å². The second kappa shape index (κ2) is 7.70. The Balaban J connectivity index is 0.00000324. The molecule has 106 valence electrons. The first-order valence-corrected chi connectivity index (χ1v) is 5.62. The van der Waals surface area contributed by atoms with E-state index in [2.05, 4.69) is 5.32 Å². The summed E-state index contributed by atoms with van der Waals surface area (Å²) in [5.41, 5.74) is 0.812. The Kier molecular flexibility index (Phi) is 7.03. The lowest BCUT2D eigenvalue weighted by Crippen LogP contribution is -2.33. The first kappa shape index (κ1) is 17.3. The molecule has 0 atom stereocenters. The SMILES string of the molecule is CNCCN(C)C(=O)c1cc(C)ccc1[N+](=O)[O-].Cl. The van der Waals surface area contributed by atoms with Crippen LogP contribution in [0.1, 0.15) is 15.9 Å². The smallest absolute Gasteiger partial charge is 0.282 e. The van der Waals surface area contributed by atoms with Crippen LogP contribution in [0.2, 0.25) is 0 Å². The Morgan fingerprint density at radius 2 is 2.11 bits per heavy atom. The van der Waals surface area contributed by atoms with Crippen LogP contribution in [0.15, 0.2) is 18.2 Å². The van der Waals surface area contributed by atoms with Gasteiger partial charge in [0, 0.05) is 26.2 Å². The fourth-order valence-electron chi connectivity index (χ4n) is 1.57. The lowest BCUT2D eigenvalue weighted by molar-refractivity contribution is -0.385. The number of likely N-dealkylation sites (N-methyl/N-ethyl adjacent to an activating group) is 2. The summed E-state index contributed by atoms with van der Waals surface area (Å²) >= 11 is 0. The largest absolute Gasteiger partial charge is 0.340 e. The molecule has 0 aliphatic rings. The van der Waals surface area contributed by atoms with Crippen molar-refractivity contribution in [2.45, 2.75) is 6.92 Å². The number of carbonyl (C=O) groups excluding carboxylic acids is 1. The molecule has 1 amide bonds. The molecule has 0 saturated heterocycles. The average molecular weight is 288 g/mol. The van der Waals surface area contributed by atoms with Crippen LogP contribution in [0, 0.1) is 17.0 Å². The van der Waals surface area contributed by atoms with Crippen molar-refractivity contribution in [1.29, 1.82) is 0 Å². The van der Waals surface area contributed by atoms with Crippen molar-refractivity contribution < 1.29 is 9.72 Å². The van der Waals surface area contributed by atoms with Gasteiger partial charge in [0.1, 0.15) is 5.56 Å². The van der Waals surface area contributed by atoms with Gasteiger partial charge in [0.15, 0.2) is 0 Å². The van der Waals surface area contributed by atoms with Crippen LogP contribution in [0.5, 0.6) is 0 Å². The van der Waals surface area contributed by atoms with E-state index in [-0.39, 0.29) is 29.6 Å². The highest BCUT2D eigenvalue weighted by Gasteiger charge is 2.22. The molecular formula is C12H18ClN3O3. The molecule has 1 rings (SSSR count). The van der Waals surface area contributed by atoms with Crippen molar-refractivity contribution in [3.63, 3.8) is 0 Å². The Labute approximate surface area is 118 Å². The minimum atomic E-state index is -0.529. The van der Waals surface area contributed by atoms with Gasteiger partial charge in [0.2, 0.25) is 0 Å². The second-order valence-corrected chi connectivity index (χ2v) is 4.11. The molecule has 19 heavy (non-hydrogen) atoms. The van der Waals surface area contributed by atoms with Gasteiger partial charge in [-0.15, -0.1) is 12.4 Å². The Morgan fingerprint density at radius 3 is 2.63 bits per heavy atom. The van der Waals surface area contributed by atoms with E-state index in [0.717, 1.165) is 5.56 Å². The summed E-state index contributed by atoms with van der Waals surface area (Å²) in [6.07, 6.45) is 0. The topological polar surface area (TPSA) is 75.5 Å². The molecule has 6 nitrogen and oxygen atoms in total. The molecule has 0 heterocycles. The molecule has 1 aromatic carbocycles. The van der Waals surface area contributed by atoms with Crippen LogP contribution >= 0.6 is 12.4 Å². The van der Waals surface area contributed by atoms with Gasteiger partial charge >= 0.3 is 0 Å². The van der Waals surface area contributed by atoms with E-state index in [1.807, 2.05) is 0 Å². The van der Waals surface area contributed by atoms with Gasteiger partial charge in [-0.25, -0.2) is 0 Å². The highest BCUT2D eigenvalue weighted by Crippen LogP contribution is 2.21. The number of halogens is 1. The molecule has 0 unspecified atom stereocenters. The quantitative estimate of drug-likeness (QED) is 0.659. The zero-order valence-electron chi connectivity index (χ0n) is 11.2. The Hall–Kier alpha value is -1.66. The molecule has 0 fully saturated rings. The number of nitro benzene ring substituents is 1. The third-order valence-corrected chi connectivity index (χ3v) is 2.62. The number of hydrogen-bond donors (Lipinski definition) is 1. The predicted molar refractivity (Wildman–Crippen MR) is 76.0 cm³/mol. The van der Waals surface area contributed by atoms with Gasteiger partial charge in [0.25, 0.3) is 11.6 Å². The highest BCUT2D eigenvalue weighted by atomic mass is 35.5. The summed E-state index contributed by atoms with van der Waals surface area (Å²) in [4.78, 5) is 24.0. The minimum absolute atomic E-state index is 0. The number of aryl methyl sites for hydroxylation is 1. The number of rotatable bonds is 5. The standard InChI is InChI=1S/C12H17N3O3.ClH/c1-9-4-5-11(15(17)18)10(8-9)12(16)14(3)7-6-13-2;/h4-5,8,13H,6-7H2,1-3H3;1H. The van der Waals surface area contributed by atoms with Gasteiger partial charge in [-0.2, -0.15) is 0 Å². The van der Waals surface area contributed by atoms with Crippen molar-refractivity contribution in [2.24, 2.45) is 0 Å². The summed E-state index contributed by atoms with van der Waals surface area (Å²) in [6.45, 7) is 2.94. The number of amides is 1. The van der Waals surface area contributed by atoms with Crippen LogP contribution in [0.25, 0.3) is 0 Å². The fourth-order valence-corrected chi connectivity index (χ4v) is 1.57. The van der Waals surface area contributed by atoms with Gasteiger partial charge in [-0.05, 0) is 25.6 Å². The minimum Gasteiger partial charge on any atom is -0.340 e. The van der Waals surface area contributed by atoms with E-state index in [4.69, 9.17) is 0 Å². The van der Waals surface area contributed by atoms with E-state index in [0.29, 0.717) is 13.1 Å². The van der Waals surface area contributed by atoms with Crippen molar-refractivity contribution in [2.75, 3.05) is 27.2 Å². The van der Waals surface area contributed by atoms with Crippen LogP contribution in [0.3, 0.4) is 0 Å². The van der Waals surface area contributed by atoms with Crippen LogP contribution in [-0.2, 0) is 0 Å². The molecule has 0 aliphatic heterocycles. The molecule has 0 radical (unpaired) electrons. The lowest BCUT2D eigenvalue weighted by Gasteiger charge is -2.17. The van der Waals surface area contributed by atoms with E-state index < -0.39 is 4.92 Å². The van der Waals surface area contributed by atoms with Gasteiger partial charge in [0.05, 0.1) is 4.92 Å². The average Bonchev–Trinajstić information content (AvgIpc) is 2.34. The van der Waals surface area contributed by atoms with E-state index in [9.17, 15) is 14.9 Å². The first-order chi connectivity index (χ1) is 8.47. The maximum atomic E-state index is 12.1. The predicted octanol–water partition coefficient (Wildman–Crippen LogP) is 1.62. The number of nitro groups is 1. The Bertz CT molecular complexity index is 466. The van der Waals surface area contributed by atoms with Crippen molar-refractivity contribution >= 4 is 24.0 Å². The number of benzene rings is 1. The van der Waals surface area contributed by atoms with Gasteiger partial charge < -0.3 is 10.2 Å². The summed E-state index contributed by atoms with van der Waals surface area (Å²) in [7, 11) is 3.42. The molecular weight excluding hydrogens is 270 g/mol. The summed E-state index contributed by atoms with van der Waals surface area (Å²) in [5.74, 6) is -0.333. The monoisotopic (exact) mass is 287 g/mol. The van der Waals surface area contributed by atoms with Gasteiger partial charge in [-0.1, -0.05) is 6.07 Å². The fraction of sp³-hybridized carbons (Fsp3) is 0.417. The molecule has 0 saturated carbocycles. The highest BCUT2D eigenvalue weighted by molar-refractivity contribution is 5.98. The maximum Gasteiger partial charge on any atom is 0.282 e. The molecule has 0 spiro atoms. The lowest BCUT2D eigenvalue weighted by atomic mass is 10.1. The Morgan fingerprint density at radius 1 is 1.47 bits per heavy atom. The van der Waals surface area contributed by atoms with E-state index in [1.54, 1.807) is 33.2 Å². The van der Waals surface area contributed by atoms with Crippen molar-refractivity contribution in [3.8, 4) is 0 Å². The summed E-state index contributed by atoms with van der Waals surface area (Å²) in [6, 6.07) is 4.55. The number of hydrogen-bond acceptors (Lipinski definition) is 4. The molecule has 0 aromatic heterocycles. The number of nitrogens with zero attached hydrogens (tertiary/aromatic N) is 2. The molecule has 7 heteroatoms. The zero-order chi connectivity index (χ0) is 13.7.